The summed E-state index contributed by atoms with van der Waals surface area (Å²) in [6.45, 7) is 0.220. The highest BCUT2D eigenvalue weighted by molar-refractivity contribution is 6.30. The molecule has 0 unspecified atom stereocenters. The number of aromatic nitrogens is 2. The van der Waals surface area contributed by atoms with E-state index in [1.807, 2.05) is 60.1 Å². The maximum Gasteiger partial charge on any atom is 0.148 e. The lowest BCUT2D eigenvalue weighted by molar-refractivity contribution is 0.406. The largest absolute Gasteiger partial charge is 0.509 e. The second kappa shape index (κ2) is 5.66. The van der Waals surface area contributed by atoms with E-state index < -0.39 is 0 Å². The molecule has 6 nitrogen and oxygen atoms in total. The fourth-order valence-electron chi connectivity index (χ4n) is 3.24. The van der Waals surface area contributed by atoms with Crippen LogP contribution >= 0.6 is 0 Å². The van der Waals surface area contributed by atoms with E-state index >= 15 is 0 Å². The number of rotatable bonds is 3. The number of nitrogens with zero attached hydrogens (tertiary/aromatic N) is 3. The first kappa shape index (κ1) is 15.3. The molecule has 2 aromatic carbocycles. The molecule has 126 valence electrons. The van der Waals surface area contributed by atoms with E-state index in [1.54, 1.807) is 12.0 Å². The first-order valence-corrected chi connectivity index (χ1v) is 7.95. The zero-order chi connectivity index (χ0) is 17.6. The van der Waals surface area contributed by atoms with Crippen LogP contribution in [0.3, 0.4) is 0 Å². The molecule has 0 saturated heterocycles. The molecule has 0 fully saturated rings. The van der Waals surface area contributed by atoms with Crippen LogP contribution in [0.2, 0.25) is 0 Å². The summed E-state index contributed by atoms with van der Waals surface area (Å²) in [5.74, 6) is 1.59. The van der Waals surface area contributed by atoms with Crippen LogP contribution in [-0.2, 0) is 7.05 Å². The van der Waals surface area contributed by atoms with Crippen LogP contribution in [0, 0.1) is 5.41 Å². The highest BCUT2D eigenvalue weighted by Gasteiger charge is 2.33. The Morgan fingerprint density at radius 1 is 1.12 bits per heavy atom. The summed E-state index contributed by atoms with van der Waals surface area (Å²) >= 11 is 0. The molecule has 0 spiro atoms. The summed E-state index contributed by atoms with van der Waals surface area (Å²) in [5, 5.41) is 19.2. The summed E-state index contributed by atoms with van der Waals surface area (Å²) in [7, 11) is 3.49. The number of hydrogen-bond acceptors (Lipinski definition) is 4. The van der Waals surface area contributed by atoms with Crippen molar-refractivity contribution in [1.82, 2.24) is 9.55 Å². The number of aryl methyl sites for hydroxylation is 1. The SMILES string of the molecule is COc1ccccc1N1CC(O)=C(c2nc3ccccc3n2C)C1=N. The third-order valence-electron chi connectivity index (χ3n) is 4.49. The van der Waals surface area contributed by atoms with Gasteiger partial charge in [-0.15, -0.1) is 0 Å². The standard InChI is InChI=1S/C19H18N4O2/c1-22-13-8-4-3-7-12(13)21-19(22)17-15(24)11-23(18(17)20)14-9-5-6-10-16(14)25-2/h3-10,20,24H,11H2,1-2H3. The average molecular weight is 334 g/mol. The van der Waals surface area contributed by atoms with Gasteiger partial charge < -0.3 is 19.3 Å². The predicted molar refractivity (Wildman–Crippen MR) is 98.3 cm³/mol. The molecule has 6 heteroatoms. The molecule has 0 bridgehead atoms. The van der Waals surface area contributed by atoms with E-state index in [1.165, 1.54) is 0 Å². The van der Waals surface area contributed by atoms with Crippen molar-refractivity contribution >= 4 is 28.1 Å². The van der Waals surface area contributed by atoms with Gasteiger partial charge in [-0.25, -0.2) is 4.98 Å². The molecule has 0 atom stereocenters. The van der Waals surface area contributed by atoms with E-state index in [0.29, 0.717) is 17.1 Å². The first-order chi connectivity index (χ1) is 12.1. The van der Waals surface area contributed by atoms with Gasteiger partial charge in [0.15, 0.2) is 0 Å². The van der Waals surface area contributed by atoms with E-state index in [9.17, 15) is 5.11 Å². The Morgan fingerprint density at radius 3 is 2.60 bits per heavy atom. The lowest BCUT2D eigenvalue weighted by atomic mass is 10.2. The topological polar surface area (TPSA) is 74.4 Å². The fraction of sp³-hybridized carbons (Fsp3) is 0.158. The number of aliphatic hydroxyl groups excluding tert-OH is 1. The maximum atomic E-state index is 10.6. The van der Waals surface area contributed by atoms with E-state index in [4.69, 9.17) is 10.1 Å². The highest BCUT2D eigenvalue weighted by Crippen LogP contribution is 2.36. The Labute approximate surface area is 145 Å². The van der Waals surface area contributed by atoms with E-state index in [2.05, 4.69) is 4.98 Å². The Bertz CT molecular complexity index is 1020. The molecular formula is C19H18N4O2. The van der Waals surface area contributed by atoms with Gasteiger partial charge in [-0.2, -0.15) is 0 Å². The minimum Gasteiger partial charge on any atom is -0.509 e. The van der Waals surface area contributed by atoms with Crippen LogP contribution in [-0.4, -0.2) is 34.1 Å². The van der Waals surface area contributed by atoms with Crippen LogP contribution in [0.4, 0.5) is 5.69 Å². The lowest BCUT2D eigenvalue weighted by Gasteiger charge is -2.21. The summed E-state index contributed by atoms with van der Waals surface area (Å²) in [4.78, 5) is 6.34. The molecule has 0 aliphatic carbocycles. The zero-order valence-electron chi connectivity index (χ0n) is 14.0. The average Bonchev–Trinajstić information content (AvgIpc) is 3.11. The Hall–Kier alpha value is -3.28. The number of fused-ring (bicyclic) bond motifs is 1. The fourth-order valence-corrected chi connectivity index (χ4v) is 3.24. The number of para-hydroxylation sites is 4. The van der Waals surface area contributed by atoms with Crippen molar-refractivity contribution in [3.8, 4) is 5.75 Å². The number of amidine groups is 1. The number of imidazole rings is 1. The van der Waals surface area contributed by atoms with Gasteiger partial charge in [-0.3, -0.25) is 5.41 Å². The van der Waals surface area contributed by atoms with Crippen molar-refractivity contribution in [1.29, 1.82) is 5.41 Å². The first-order valence-electron chi connectivity index (χ1n) is 7.95. The molecule has 2 N–H and O–H groups in total. The zero-order valence-corrected chi connectivity index (χ0v) is 14.0. The van der Waals surface area contributed by atoms with Gasteiger partial charge in [0.2, 0.25) is 0 Å². The molecule has 1 aliphatic rings. The number of hydrogen-bond donors (Lipinski definition) is 2. The van der Waals surface area contributed by atoms with Crippen molar-refractivity contribution in [3.63, 3.8) is 0 Å². The molecule has 2 heterocycles. The molecule has 0 amide bonds. The summed E-state index contributed by atoms with van der Waals surface area (Å²) < 4.78 is 7.30. The normalized spacial score (nSPS) is 14.6. The van der Waals surface area contributed by atoms with Crippen LogP contribution < -0.4 is 9.64 Å². The molecule has 3 aromatic rings. The third-order valence-corrected chi connectivity index (χ3v) is 4.49. The van der Waals surface area contributed by atoms with Gasteiger partial charge in [0.25, 0.3) is 0 Å². The van der Waals surface area contributed by atoms with Crippen molar-refractivity contribution in [3.05, 3.63) is 60.1 Å². The molecule has 1 aromatic heterocycles. The van der Waals surface area contributed by atoms with Crippen LogP contribution in [0.25, 0.3) is 16.6 Å². The van der Waals surface area contributed by atoms with Gasteiger partial charge >= 0.3 is 0 Å². The van der Waals surface area contributed by atoms with E-state index in [-0.39, 0.29) is 18.1 Å². The number of ether oxygens (including phenoxy) is 1. The van der Waals surface area contributed by atoms with Crippen molar-refractivity contribution in [2.75, 3.05) is 18.6 Å². The molecule has 0 saturated carbocycles. The third kappa shape index (κ3) is 2.26. The van der Waals surface area contributed by atoms with Gasteiger partial charge in [-0.1, -0.05) is 24.3 Å². The van der Waals surface area contributed by atoms with Crippen LogP contribution in [0.1, 0.15) is 5.82 Å². The number of methoxy groups -OCH3 is 1. The van der Waals surface area contributed by atoms with Gasteiger partial charge in [0.1, 0.15) is 23.2 Å². The predicted octanol–water partition coefficient (Wildman–Crippen LogP) is 3.35. The second-order valence-corrected chi connectivity index (χ2v) is 5.91. The number of benzene rings is 2. The summed E-state index contributed by atoms with van der Waals surface area (Å²) in [6.07, 6.45) is 0. The molecule has 25 heavy (non-hydrogen) atoms. The van der Waals surface area contributed by atoms with E-state index in [0.717, 1.165) is 16.7 Å². The van der Waals surface area contributed by atoms with Gasteiger partial charge in [0, 0.05) is 7.05 Å². The van der Waals surface area contributed by atoms with Crippen molar-refractivity contribution in [2.24, 2.45) is 7.05 Å². The molecule has 4 rings (SSSR count). The Kier molecular flexibility index (Phi) is 3.46. The van der Waals surface area contributed by atoms with Crippen LogP contribution in [0.5, 0.6) is 5.75 Å². The smallest absolute Gasteiger partial charge is 0.148 e. The van der Waals surface area contributed by atoms with Gasteiger partial charge in [0.05, 0.1) is 35.9 Å². The second-order valence-electron chi connectivity index (χ2n) is 5.91. The monoisotopic (exact) mass is 334 g/mol. The van der Waals surface area contributed by atoms with Crippen molar-refractivity contribution in [2.45, 2.75) is 0 Å². The lowest BCUT2D eigenvalue weighted by Crippen LogP contribution is -2.26. The number of nitrogens with one attached hydrogen (secondary N) is 1. The summed E-state index contributed by atoms with van der Waals surface area (Å²) in [5.41, 5.74) is 2.99. The Morgan fingerprint density at radius 2 is 1.84 bits per heavy atom. The Balaban J connectivity index is 1.80. The number of aliphatic hydroxyl groups is 1. The minimum atomic E-state index is 0.134. The minimum absolute atomic E-state index is 0.134. The molecular weight excluding hydrogens is 316 g/mol. The van der Waals surface area contributed by atoms with Crippen molar-refractivity contribution < 1.29 is 9.84 Å². The maximum absolute atomic E-state index is 10.6. The molecule has 1 aliphatic heterocycles. The summed E-state index contributed by atoms with van der Waals surface area (Å²) in [6, 6.07) is 15.2. The van der Waals surface area contributed by atoms with Crippen LogP contribution in [0.15, 0.2) is 54.3 Å². The number of anilines is 1. The molecule has 0 radical (unpaired) electrons. The van der Waals surface area contributed by atoms with Gasteiger partial charge in [-0.05, 0) is 24.3 Å². The highest BCUT2D eigenvalue weighted by atomic mass is 16.5. The quantitative estimate of drug-likeness (QED) is 0.770.